The third-order valence-corrected chi connectivity index (χ3v) is 6.74. The summed E-state index contributed by atoms with van der Waals surface area (Å²) in [4.78, 5) is 1.16. The molecule has 0 amide bonds. The maximum absolute atomic E-state index is 5.72. The fourth-order valence-electron chi connectivity index (χ4n) is 1.90. The highest BCUT2D eigenvalue weighted by atomic mass is 79.9. The van der Waals surface area contributed by atoms with Crippen LogP contribution in [0.4, 0.5) is 0 Å². The van der Waals surface area contributed by atoms with Gasteiger partial charge in [0, 0.05) is 13.8 Å². The third-order valence-electron chi connectivity index (χ3n) is 2.88. The van der Waals surface area contributed by atoms with E-state index in [1.807, 2.05) is 12.1 Å². The first kappa shape index (κ1) is 16.5. The van der Waals surface area contributed by atoms with Gasteiger partial charge in [-0.3, -0.25) is 11.3 Å². The summed E-state index contributed by atoms with van der Waals surface area (Å²) >= 11 is 12.2. The van der Waals surface area contributed by atoms with Gasteiger partial charge in [0.15, 0.2) is 0 Å². The molecule has 0 aliphatic carbocycles. The van der Waals surface area contributed by atoms with Gasteiger partial charge in [-0.15, -0.1) is 11.3 Å². The summed E-state index contributed by atoms with van der Waals surface area (Å²) in [6.45, 7) is 0. The summed E-state index contributed by atoms with van der Waals surface area (Å²) in [5.74, 6) is 6.58. The van der Waals surface area contributed by atoms with E-state index in [0.717, 1.165) is 35.3 Å². The van der Waals surface area contributed by atoms with Gasteiger partial charge in [0.1, 0.15) is 5.75 Å². The number of rotatable bonds is 5. The molecule has 0 aliphatic heterocycles. The zero-order valence-corrected chi connectivity index (χ0v) is 16.2. The minimum atomic E-state index is 0.0331. The highest BCUT2D eigenvalue weighted by molar-refractivity contribution is 9.13. The molecule has 0 saturated carbocycles. The maximum atomic E-state index is 5.72. The molecule has 0 radical (unpaired) electrons. The van der Waals surface area contributed by atoms with Crippen LogP contribution in [0.15, 0.2) is 37.0 Å². The molecule has 0 spiro atoms. The topological polar surface area (TPSA) is 47.3 Å². The number of ether oxygens (including phenoxy) is 1. The predicted molar refractivity (Wildman–Crippen MR) is 94.2 cm³/mol. The zero-order valence-electron chi connectivity index (χ0n) is 10.6. The normalized spacial score (nSPS) is 12.4. The highest BCUT2D eigenvalue weighted by Gasteiger charge is 2.17. The standard InChI is InChI=1S/C13H13Br3N2OS/c1-19-11-3-2-8(14)4-7(11)5-10(18-17)12-6-9(15)13(16)20-12/h2-4,6,10,18H,5,17H2,1H3. The molecule has 2 rings (SSSR count). The number of benzene rings is 1. The van der Waals surface area contributed by atoms with Gasteiger partial charge in [-0.2, -0.15) is 0 Å². The van der Waals surface area contributed by atoms with Gasteiger partial charge in [0.25, 0.3) is 0 Å². The molecule has 20 heavy (non-hydrogen) atoms. The number of thiophene rings is 1. The molecular weight excluding hydrogens is 472 g/mol. The average Bonchev–Trinajstić information content (AvgIpc) is 2.76. The van der Waals surface area contributed by atoms with Gasteiger partial charge in [-0.25, -0.2) is 0 Å². The molecule has 1 heterocycles. The minimum absolute atomic E-state index is 0.0331. The van der Waals surface area contributed by atoms with Crippen molar-refractivity contribution in [3.05, 3.63) is 47.4 Å². The van der Waals surface area contributed by atoms with E-state index in [0.29, 0.717) is 0 Å². The Labute approximate surface area is 147 Å². The van der Waals surface area contributed by atoms with Crippen LogP contribution in [0, 0.1) is 0 Å². The van der Waals surface area contributed by atoms with Crippen molar-refractivity contribution in [2.45, 2.75) is 12.5 Å². The summed E-state index contributed by atoms with van der Waals surface area (Å²) in [6, 6.07) is 8.08. The predicted octanol–water partition coefficient (Wildman–Crippen LogP) is 4.79. The Morgan fingerprint density at radius 2 is 2.05 bits per heavy atom. The van der Waals surface area contributed by atoms with E-state index in [1.54, 1.807) is 18.4 Å². The highest BCUT2D eigenvalue weighted by Crippen LogP contribution is 2.37. The van der Waals surface area contributed by atoms with Crippen LogP contribution in [-0.4, -0.2) is 7.11 Å². The number of hydrogen-bond donors (Lipinski definition) is 2. The maximum Gasteiger partial charge on any atom is 0.122 e. The lowest BCUT2D eigenvalue weighted by atomic mass is 10.0. The first-order chi connectivity index (χ1) is 9.55. The molecule has 7 heteroatoms. The Bertz CT molecular complexity index is 584. The van der Waals surface area contributed by atoms with E-state index in [-0.39, 0.29) is 6.04 Å². The van der Waals surface area contributed by atoms with Gasteiger partial charge < -0.3 is 4.74 Å². The number of nitrogens with one attached hydrogen (secondary N) is 1. The summed E-state index contributed by atoms with van der Waals surface area (Å²) < 4.78 is 8.54. The number of hydrogen-bond acceptors (Lipinski definition) is 4. The molecule has 108 valence electrons. The lowest BCUT2D eigenvalue weighted by Gasteiger charge is -2.16. The van der Waals surface area contributed by atoms with Crippen LogP contribution in [0.25, 0.3) is 0 Å². The first-order valence-electron chi connectivity index (χ1n) is 5.78. The van der Waals surface area contributed by atoms with Crippen molar-refractivity contribution in [2.24, 2.45) is 5.84 Å². The lowest BCUT2D eigenvalue weighted by molar-refractivity contribution is 0.406. The SMILES string of the molecule is COc1ccc(Br)cc1CC(NN)c1cc(Br)c(Br)s1. The fourth-order valence-corrected chi connectivity index (χ4v) is 4.46. The van der Waals surface area contributed by atoms with Crippen LogP contribution >= 0.6 is 59.1 Å². The third kappa shape index (κ3) is 3.84. The molecule has 1 aromatic carbocycles. The van der Waals surface area contributed by atoms with Crippen molar-refractivity contribution in [2.75, 3.05) is 7.11 Å². The van der Waals surface area contributed by atoms with E-state index in [2.05, 4.69) is 65.3 Å². The Hall–Kier alpha value is 0.0800. The Balaban J connectivity index is 2.28. The molecule has 1 unspecified atom stereocenters. The average molecular weight is 485 g/mol. The molecule has 0 fully saturated rings. The van der Waals surface area contributed by atoms with Crippen LogP contribution in [0.5, 0.6) is 5.75 Å². The van der Waals surface area contributed by atoms with Crippen LogP contribution < -0.4 is 16.0 Å². The monoisotopic (exact) mass is 482 g/mol. The van der Waals surface area contributed by atoms with Crippen molar-refractivity contribution in [3.63, 3.8) is 0 Å². The molecule has 3 nitrogen and oxygen atoms in total. The van der Waals surface area contributed by atoms with Crippen molar-refractivity contribution < 1.29 is 4.74 Å². The second-order valence-electron chi connectivity index (χ2n) is 4.15. The van der Waals surface area contributed by atoms with Gasteiger partial charge in [0.2, 0.25) is 0 Å². The second kappa shape index (κ2) is 7.38. The lowest BCUT2D eigenvalue weighted by Crippen LogP contribution is -2.29. The number of halogens is 3. The smallest absolute Gasteiger partial charge is 0.122 e. The summed E-state index contributed by atoms with van der Waals surface area (Å²) in [5, 5.41) is 0. The van der Waals surface area contributed by atoms with Crippen molar-refractivity contribution in [1.82, 2.24) is 5.43 Å². The summed E-state index contributed by atoms with van der Waals surface area (Å²) in [7, 11) is 1.68. The Morgan fingerprint density at radius 3 is 2.60 bits per heavy atom. The molecule has 2 aromatic rings. The van der Waals surface area contributed by atoms with Crippen molar-refractivity contribution in [1.29, 1.82) is 0 Å². The second-order valence-corrected chi connectivity index (χ2v) is 8.32. The van der Waals surface area contributed by atoms with E-state index in [4.69, 9.17) is 10.6 Å². The van der Waals surface area contributed by atoms with Gasteiger partial charge in [0.05, 0.1) is 16.9 Å². The molecule has 0 bridgehead atoms. The van der Waals surface area contributed by atoms with Crippen LogP contribution in [0.3, 0.4) is 0 Å². The van der Waals surface area contributed by atoms with Gasteiger partial charge in [-0.05, 0) is 68.1 Å². The largest absolute Gasteiger partial charge is 0.496 e. The Kier molecular flexibility index (Phi) is 6.07. The molecule has 0 saturated heterocycles. The molecule has 1 atom stereocenters. The van der Waals surface area contributed by atoms with E-state index >= 15 is 0 Å². The number of hydrazine groups is 1. The van der Waals surface area contributed by atoms with E-state index in [1.165, 1.54) is 0 Å². The molecule has 3 N–H and O–H groups in total. The van der Waals surface area contributed by atoms with Crippen LogP contribution in [0.1, 0.15) is 16.5 Å². The van der Waals surface area contributed by atoms with Crippen molar-refractivity contribution >= 4 is 59.1 Å². The molecule has 1 aromatic heterocycles. The first-order valence-corrected chi connectivity index (χ1v) is 8.98. The van der Waals surface area contributed by atoms with E-state index in [9.17, 15) is 0 Å². The minimum Gasteiger partial charge on any atom is -0.496 e. The van der Waals surface area contributed by atoms with Gasteiger partial charge in [-0.1, -0.05) is 15.9 Å². The molecule has 0 aliphatic rings. The van der Waals surface area contributed by atoms with Crippen molar-refractivity contribution in [3.8, 4) is 5.75 Å². The number of nitrogens with two attached hydrogens (primary N) is 1. The van der Waals surface area contributed by atoms with Crippen LogP contribution in [0.2, 0.25) is 0 Å². The van der Waals surface area contributed by atoms with Gasteiger partial charge >= 0.3 is 0 Å². The Morgan fingerprint density at radius 1 is 1.30 bits per heavy atom. The summed E-state index contributed by atoms with van der Waals surface area (Å²) in [5.41, 5.74) is 3.98. The molecular formula is C13H13Br3N2OS. The quantitative estimate of drug-likeness (QED) is 0.474. The summed E-state index contributed by atoms with van der Waals surface area (Å²) in [6.07, 6.45) is 0.749. The van der Waals surface area contributed by atoms with E-state index < -0.39 is 0 Å². The number of methoxy groups -OCH3 is 1. The fraction of sp³-hybridized carbons (Fsp3) is 0.231. The zero-order chi connectivity index (χ0) is 14.7. The van der Waals surface area contributed by atoms with Crippen LogP contribution in [-0.2, 0) is 6.42 Å².